The average molecular weight is 223 g/mol. The molecule has 4 heteroatoms. The molecule has 1 atom stereocenters. The summed E-state index contributed by atoms with van der Waals surface area (Å²) in [5, 5.41) is 0. The van der Waals surface area contributed by atoms with Gasteiger partial charge < -0.3 is 9.64 Å². The van der Waals surface area contributed by atoms with Crippen molar-refractivity contribution in [3.63, 3.8) is 0 Å². The number of piperidine rings is 1. The molecule has 1 unspecified atom stereocenters. The molecule has 0 aliphatic carbocycles. The van der Waals surface area contributed by atoms with Crippen molar-refractivity contribution in [2.24, 2.45) is 0 Å². The smallest absolute Gasteiger partial charge is 0.343 e. The van der Waals surface area contributed by atoms with E-state index in [-0.39, 0.29) is 11.4 Å². The van der Waals surface area contributed by atoms with Crippen LogP contribution in [0.15, 0.2) is 11.8 Å². The number of ether oxygens (including phenoxy) is 1. The number of carbonyl (C=O) groups excluding carboxylic acids is 2. The third-order valence-electron chi connectivity index (χ3n) is 3.18. The average Bonchev–Trinajstić information content (AvgIpc) is 2.28. The quantitative estimate of drug-likeness (QED) is 0.522. The van der Waals surface area contributed by atoms with Crippen LogP contribution in [-0.2, 0) is 14.3 Å². The van der Waals surface area contributed by atoms with Crippen molar-refractivity contribution in [1.29, 1.82) is 0 Å². The minimum absolute atomic E-state index is 0.0680. The number of Topliss-reactive ketones (excluding diaryl/α,β-unsaturated/α-hetero) is 1. The Morgan fingerprint density at radius 1 is 1.56 bits per heavy atom. The van der Waals surface area contributed by atoms with Crippen molar-refractivity contribution in [2.75, 3.05) is 13.2 Å². The van der Waals surface area contributed by atoms with E-state index in [1.54, 1.807) is 13.1 Å². The van der Waals surface area contributed by atoms with Gasteiger partial charge in [0.25, 0.3) is 0 Å². The number of carbonyl (C=O) groups is 2. The predicted octanol–water partition coefficient (Wildman–Crippen LogP) is 1.26. The molecule has 1 fully saturated rings. The van der Waals surface area contributed by atoms with E-state index in [2.05, 4.69) is 4.90 Å². The van der Waals surface area contributed by atoms with Crippen LogP contribution in [0.1, 0.15) is 32.6 Å². The van der Waals surface area contributed by atoms with Crippen LogP contribution in [0.5, 0.6) is 0 Å². The normalized spacial score (nSPS) is 24.8. The number of hydrogen-bond donors (Lipinski definition) is 0. The van der Waals surface area contributed by atoms with Crippen LogP contribution in [-0.4, -0.2) is 35.8 Å². The lowest BCUT2D eigenvalue weighted by atomic mass is 9.92. The van der Waals surface area contributed by atoms with Gasteiger partial charge >= 0.3 is 5.97 Å². The third-order valence-corrected chi connectivity index (χ3v) is 3.18. The molecule has 0 bridgehead atoms. The highest BCUT2D eigenvalue weighted by atomic mass is 16.5. The summed E-state index contributed by atoms with van der Waals surface area (Å²) in [5.74, 6) is -0.543. The first-order valence-corrected chi connectivity index (χ1v) is 5.90. The van der Waals surface area contributed by atoms with Crippen LogP contribution in [0.3, 0.4) is 0 Å². The van der Waals surface area contributed by atoms with E-state index in [1.807, 2.05) is 0 Å². The third kappa shape index (κ3) is 2.10. The molecule has 0 aromatic heterocycles. The molecular weight excluding hydrogens is 206 g/mol. The van der Waals surface area contributed by atoms with E-state index in [9.17, 15) is 9.59 Å². The fourth-order valence-electron chi connectivity index (χ4n) is 2.35. The number of nitrogens with zero attached hydrogens (tertiary/aromatic N) is 1. The van der Waals surface area contributed by atoms with Gasteiger partial charge in [-0.05, 0) is 26.2 Å². The van der Waals surface area contributed by atoms with Gasteiger partial charge in [-0.15, -0.1) is 0 Å². The highest BCUT2D eigenvalue weighted by molar-refractivity contribution is 6.17. The molecule has 0 aromatic carbocycles. The zero-order valence-corrected chi connectivity index (χ0v) is 9.57. The largest absolute Gasteiger partial charge is 0.462 e. The maximum Gasteiger partial charge on any atom is 0.343 e. The molecule has 0 amide bonds. The Bertz CT molecular complexity index is 335. The van der Waals surface area contributed by atoms with Crippen molar-refractivity contribution < 1.29 is 14.3 Å². The van der Waals surface area contributed by atoms with Crippen LogP contribution < -0.4 is 0 Å². The summed E-state index contributed by atoms with van der Waals surface area (Å²) in [6, 6.07) is 0.305. The maximum absolute atomic E-state index is 11.8. The molecule has 0 radical (unpaired) electrons. The van der Waals surface area contributed by atoms with Gasteiger partial charge in [0.15, 0.2) is 5.78 Å². The summed E-state index contributed by atoms with van der Waals surface area (Å²) < 4.78 is 4.88. The van der Waals surface area contributed by atoms with E-state index in [4.69, 9.17) is 4.74 Å². The predicted molar refractivity (Wildman–Crippen MR) is 58.7 cm³/mol. The molecule has 16 heavy (non-hydrogen) atoms. The number of fused-ring (bicyclic) bond motifs is 1. The highest BCUT2D eigenvalue weighted by Crippen LogP contribution is 2.26. The molecule has 2 aliphatic heterocycles. The molecule has 0 N–H and O–H groups in total. The second-order valence-corrected chi connectivity index (χ2v) is 4.28. The van der Waals surface area contributed by atoms with E-state index in [0.717, 1.165) is 19.4 Å². The SMILES string of the molecule is CCOC(=O)C1=CN2CCCCC2CC1=O. The second kappa shape index (κ2) is 4.68. The fraction of sp³-hybridized carbons (Fsp3) is 0.667. The van der Waals surface area contributed by atoms with Gasteiger partial charge in [-0.1, -0.05) is 0 Å². The molecule has 0 aromatic rings. The Kier molecular flexibility index (Phi) is 3.27. The zero-order valence-electron chi connectivity index (χ0n) is 9.57. The first-order valence-electron chi connectivity index (χ1n) is 5.90. The van der Waals surface area contributed by atoms with Crippen molar-refractivity contribution in [2.45, 2.75) is 38.6 Å². The van der Waals surface area contributed by atoms with Gasteiger partial charge in [-0.25, -0.2) is 4.79 Å². The lowest BCUT2D eigenvalue weighted by Gasteiger charge is -2.37. The standard InChI is InChI=1S/C12H17NO3/c1-2-16-12(15)10-8-13-6-4-3-5-9(13)7-11(10)14/h8-9H,2-7H2,1H3. The summed E-state index contributed by atoms with van der Waals surface area (Å²) in [6.45, 7) is 3.00. The minimum Gasteiger partial charge on any atom is -0.462 e. The van der Waals surface area contributed by atoms with Crippen LogP contribution in [0.25, 0.3) is 0 Å². The topological polar surface area (TPSA) is 46.6 Å². The van der Waals surface area contributed by atoms with Gasteiger partial charge in [-0.3, -0.25) is 4.79 Å². The van der Waals surface area contributed by atoms with Gasteiger partial charge in [-0.2, -0.15) is 0 Å². The van der Waals surface area contributed by atoms with Crippen LogP contribution >= 0.6 is 0 Å². The van der Waals surface area contributed by atoms with E-state index < -0.39 is 5.97 Å². The van der Waals surface area contributed by atoms with Crippen molar-refractivity contribution in [3.8, 4) is 0 Å². The number of esters is 1. The van der Waals surface area contributed by atoms with Crippen LogP contribution in [0.4, 0.5) is 0 Å². The summed E-state index contributed by atoms with van der Waals surface area (Å²) in [5.41, 5.74) is 0.222. The number of hydrogen-bond acceptors (Lipinski definition) is 4. The molecule has 1 saturated heterocycles. The van der Waals surface area contributed by atoms with E-state index in [1.165, 1.54) is 6.42 Å². The monoisotopic (exact) mass is 223 g/mol. The lowest BCUT2D eigenvalue weighted by molar-refractivity contribution is -0.140. The Morgan fingerprint density at radius 3 is 3.12 bits per heavy atom. The highest BCUT2D eigenvalue weighted by Gasteiger charge is 2.32. The fourth-order valence-corrected chi connectivity index (χ4v) is 2.35. The van der Waals surface area contributed by atoms with Gasteiger partial charge in [0.1, 0.15) is 5.57 Å². The van der Waals surface area contributed by atoms with Gasteiger partial charge in [0, 0.05) is 25.2 Å². The Balaban J connectivity index is 2.15. The van der Waals surface area contributed by atoms with E-state index in [0.29, 0.717) is 19.1 Å². The summed E-state index contributed by atoms with van der Waals surface area (Å²) in [6.07, 6.45) is 5.53. The number of rotatable bonds is 2. The van der Waals surface area contributed by atoms with E-state index >= 15 is 0 Å². The van der Waals surface area contributed by atoms with Gasteiger partial charge in [0.2, 0.25) is 0 Å². The molecule has 2 rings (SSSR count). The molecule has 2 aliphatic rings. The van der Waals surface area contributed by atoms with Gasteiger partial charge in [0.05, 0.1) is 6.61 Å². The molecule has 2 heterocycles. The van der Waals surface area contributed by atoms with Crippen molar-refractivity contribution >= 4 is 11.8 Å². The Morgan fingerprint density at radius 2 is 2.38 bits per heavy atom. The first kappa shape index (κ1) is 11.2. The molecular formula is C12H17NO3. The second-order valence-electron chi connectivity index (χ2n) is 4.28. The maximum atomic E-state index is 11.8. The zero-order chi connectivity index (χ0) is 11.5. The summed E-state index contributed by atoms with van der Waals surface area (Å²) in [7, 11) is 0. The van der Waals surface area contributed by atoms with Crippen LogP contribution in [0.2, 0.25) is 0 Å². The Labute approximate surface area is 95.2 Å². The van der Waals surface area contributed by atoms with Crippen molar-refractivity contribution in [3.05, 3.63) is 11.8 Å². The summed E-state index contributed by atoms with van der Waals surface area (Å²) >= 11 is 0. The first-order chi connectivity index (χ1) is 7.72. The van der Waals surface area contributed by atoms with Crippen molar-refractivity contribution in [1.82, 2.24) is 4.90 Å². The number of ketones is 1. The molecule has 88 valence electrons. The molecule has 0 spiro atoms. The molecule has 0 saturated carbocycles. The molecule has 4 nitrogen and oxygen atoms in total. The minimum atomic E-state index is -0.475. The summed E-state index contributed by atoms with van der Waals surface area (Å²) in [4.78, 5) is 25.4. The Hall–Kier alpha value is -1.32. The lowest BCUT2D eigenvalue weighted by Crippen LogP contribution is -2.42. The van der Waals surface area contributed by atoms with Crippen LogP contribution in [0, 0.1) is 0 Å².